The molecule has 0 aromatic rings. The lowest BCUT2D eigenvalue weighted by atomic mass is 9.75. The largest absolute Gasteiger partial charge is 0.329 e. The van der Waals surface area contributed by atoms with E-state index in [0.717, 1.165) is 18.5 Å². The number of rotatable bonds is 4. The van der Waals surface area contributed by atoms with Crippen LogP contribution >= 0.6 is 0 Å². The minimum absolute atomic E-state index is 0.314. The molecule has 2 rings (SSSR count). The van der Waals surface area contributed by atoms with Crippen molar-refractivity contribution in [3.63, 3.8) is 0 Å². The number of hydrogen-bond acceptors (Lipinski definition) is 3. The smallest absolute Gasteiger partial charge is 0.0337 e. The molecule has 3 nitrogen and oxygen atoms in total. The monoisotopic (exact) mass is 253 g/mol. The molecule has 2 aliphatic rings. The predicted molar refractivity (Wildman–Crippen MR) is 77.7 cm³/mol. The second-order valence-electron chi connectivity index (χ2n) is 6.88. The lowest BCUT2D eigenvalue weighted by molar-refractivity contribution is 0.0215. The minimum atomic E-state index is 0.314. The molecule has 0 aromatic heterocycles. The van der Waals surface area contributed by atoms with E-state index in [-0.39, 0.29) is 0 Å². The van der Waals surface area contributed by atoms with Crippen LogP contribution in [0.2, 0.25) is 0 Å². The highest BCUT2D eigenvalue weighted by Gasteiger charge is 2.43. The topological polar surface area (TPSA) is 32.5 Å². The second-order valence-corrected chi connectivity index (χ2v) is 6.88. The molecule has 0 aromatic carbocycles. The Bertz CT molecular complexity index is 266. The zero-order chi connectivity index (χ0) is 13.2. The van der Waals surface area contributed by atoms with Crippen LogP contribution in [0.4, 0.5) is 0 Å². The highest BCUT2D eigenvalue weighted by Crippen LogP contribution is 2.40. The molecular weight excluding hydrogens is 222 g/mol. The first-order valence-corrected chi connectivity index (χ1v) is 7.69. The predicted octanol–water partition coefficient (Wildman–Crippen LogP) is 1.92. The van der Waals surface area contributed by atoms with E-state index in [1.165, 1.54) is 51.6 Å². The Morgan fingerprint density at radius 2 is 2.06 bits per heavy atom. The highest BCUT2D eigenvalue weighted by atomic mass is 15.3. The maximum absolute atomic E-state index is 6.22. The van der Waals surface area contributed by atoms with Gasteiger partial charge in [0.2, 0.25) is 0 Å². The summed E-state index contributed by atoms with van der Waals surface area (Å²) in [6.07, 6.45) is 8.10. The lowest BCUT2D eigenvalue weighted by Crippen LogP contribution is -2.59. The van der Waals surface area contributed by atoms with Gasteiger partial charge in [0.1, 0.15) is 0 Å². The molecular formula is C15H31N3. The van der Waals surface area contributed by atoms with Gasteiger partial charge in [-0.25, -0.2) is 0 Å². The Labute approximate surface area is 113 Å². The summed E-state index contributed by atoms with van der Waals surface area (Å²) in [6, 6.07) is 0.730. The molecule has 3 unspecified atom stereocenters. The third-order valence-corrected chi connectivity index (χ3v) is 5.01. The summed E-state index contributed by atoms with van der Waals surface area (Å²) in [5, 5.41) is 0. The molecule has 106 valence electrons. The SMILES string of the molecule is CC1CCCC(CN)(N2CCCC2CN(C)C)C1. The van der Waals surface area contributed by atoms with Gasteiger partial charge in [-0.2, -0.15) is 0 Å². The number of hydrogen-bond donors (Lipinski definition) is 1. The summed E-state index contributed by atoms with van der Waals surface area (Å²) in [5.41, 5.74) is 6.53. The first-order chi connectivity index (χ1) is 8.57. The molecule has 1 aliphatic carbocycles. The van der Waals surface area contributed by atoms with Gasteiger partial charge >= 0.3 is 0 Å². The van der Waals surface area contributed by atoms with E-state index in [1.807, 2.05) is 0 Å². The summed E-state index contributed by atoms with van der Waals surface area (Å²) in [4.78, 5) is 5.11. The fourth-order valence-corrected chi connectivity index (χ4v) is 4.27. The van der Waals surface area contributed by atoms with Gasteiger partial charge in [-0.05, 0) is 52.2 Å². The maximum atomic E-state index is 6.22. The van der Waals surface area contributed by atoms with E-state index in [1.54, 1.807) is 0 Å². The van der Waals surface area contributed by atoms with Gasteiger partial charge < -0.3 is 10.6 Å². The van der Waals surface area contributed by atoms with Crippen molar-refractivity contribution in [1.82, 2.24) is 9.80 Å². The van der Waals surface area contributed by atoms with Crippen molar-refractivity contribution in [3.8, 4) is 0 Å². The van der Waals surface area contributed by atoms with Crippen molar-refractivity contribution in [2.45, 2.75) is 57.0 Å². The van der Waals surface area contributed by atoms with Crippen LogP contribution in [0.3, 0.4) is 0 Å². The lowest BCUT2D eigenvalue weighted by Gasteiger charge is -2.49. The van der Waals surface area contributed by atoms with Gasteiger partial charge in [0, 0.05) is 24.7 Å². The van der Waals surface area contributed by atoms with Gasteiger partial charge in [0.25, 0.3) is 0 Å². The van der Waals surface area contributed by atoms with Gasteiger partial charge in [-0.15, -0.1) is 0 Å². The summed E-state index contributed by atoms with van der Waals surface area (Å²) < 4.78 is 0. The van der Waals surface area contributed by atoms with Gasteiger partial charge in [-0.3, -0.25) is 4.90 Å². The molecule has 0 spiro atoms. The molecule has 3 heteroatoms. The summed E-state index contributed by atoms with van der Waals surface area (Å²) in [6.45, 7) is 5.71. The van der Waals surface area contributed by atoms with E-state index in [4.69, 9.17) is 5.73 Å². The fraction of sp³-hybridized carbons (Fsp3) is 1.00. The average molecular weight is 253 g/mol. The van der Waals surface area contributed by atoms with Crippen molar-refractivity contribution in [3.05, 3.63) is 0 Å². The number of nitrogens with two attached hydrogens (primary N) is 1. The Morgan fingerprint density at radius 3 is 2.67 bits per heavy atom. The highest BCUT2D eigenvalue weighted by molar-refractivity contribution is 5.00. The molecule has 1 aliphatic heterocycles. The van der Waals surface area contributed by atoms with Crippen molar-refractivity contribution >= 4 is 0 Å². The molecule has 0 amide bonds. The van der Waals surface area contributed by atoms with Crippen LogP contribution in [-0.4, -0.2) is 55.1 Å². The van der Waals surface area contributed by atoms with E-state index in [9.17, 15) is 0 Å². The van der Waals surface area contributed by atoms with E-state index < -0.39 is 0 Å². The van der Waals surface area contributed by atoms with Crippen LogP contribution in [-0.2, 0) is 0 Å². The van der Waals surface area contributed by atoms with E-state index in [0.29, 0.717) is 5.54 Å². The molecule has 1 heterocycles. The van der Waals surface area contributed by atoms with Crippen LogP contribution < -0.4 is 5.73 Å². The van der Waals surface area contributed by atoms with E-state index in [2.05, 4.69) is 30.8 Å². The Balaban J connectivity index is 2.10. The molecule has 2 N–H and O–H groups in total. The Kier molecular flexibility index (Phi) is 4.68. The fourth-order valence-electron chi connectivity index (χ4n) is 4.27. The first-order valence-electron chi connectivity index (χ1n) is 7.69. The van der Waals surface area contributed by atoms with E-state index >= 15 is 0 Å². The third-order valence-electron chi connectivity index (χ3n) is 5.01. The zero-order valence-electron chi connectivity index (χ0n) is 12.5. The number of nitrogens with zero attached hydrogens (tertiary/aromatic N) is 2. The van der Waals surface area contributed by atoms with Crippen LogP contribution in [0.15, 0.2) is 0 Å². The number of likely N-dealkylation sites (tertiary alicyclic amines) is 1. The van der Waals surface area contributed by atoms with Crippen molar-refractivity contribution in [1.29, 1.82) is 0 Å². The average Bonchev–Trinajstić information content (AvgIpc) is 2.76. The summed E-state index contributed by atoms with van der Waals surface area (Å²) in [7, 11) is 4.38. The summed E-state index contributed by atoms with van der Waals surface area (Å²) in [5.74, 6) is 0.850. The molecule has 3 atom stereocenters. The normalized spacial score (nSPS) is 38.5. The first kappa shape index (κ1) is 14.3. The third kappa shape index (κ3) is 2.89. The quantitative estimate of drug-likeness (QED) is 0.831. The van der Waals surface area contributed by atoms with Crippen molar-refractivity contribution in [2.24, 2.45) is 11.7 Å². The van der Waals surface area contributed by atoms with Gasteiger partial charge in [-0.1, -0.05) is 19.8 Å². The van der Waals surface area contributed by atoms with Crippen LogP contribution in [0.25, 0.3) is 0 Å². The maximum Gasteiger partial charge on any atom is 0.0337 e. The molecule has 1 saturated heterocycles. The molecule has 1 saturated carbocycles. The van der Waals surface area contributed by atoms with Gasteiger partial charge in [0.05, 0.1) is 0 Å². The van der Waals surface area contributed by atoms with Crippen LogP contribution in [0, 0.1) is 5.92 Å². The van der Waals surface area contributed by atoms with Crippen LogP contribution in [0.5, 0.6) is 0 Å². The summed E-state index contributed by atoms with van der Waals surface area (Å²) >= 11 is 0. The molecule has 18 heavy (non-hydrogen) atoms. The second kappa shape index (κ2) is 5.89. The minimum Gasteiger partial charge on any atom is -0.329 e. The molecule has 0 bridgehead atoms. The Hall–Kier alpha value is -0.120. The van der Waals surface area contributed by atoms with Crippen LogP contribution in [0.1, 0.15) is 45.4 Å². The molecule has 0 radical (unpaired) electrons. The van der Waals surface area contributed by atoms with Crippen molar-refractivity contribution in [2.75, 3.05) is 33.7 Å². The standard InChI is InChI=1S/C15H31N3/c1-13-6-4-8-15(10-13,12-16)18-9-5-7-14(18)11-17(2)3/h13-14H,4-12,16H2,1-3H3. The van der Waals surface area contributed by atoms with Gasteiger partial charge in [0.15, 0.2) is 0 Å². The van der Waals surface area contributed by atoms with Crippen molar-refractivity contribution < 1.29 is 0 Å². The Morgan fingerprint density at radius 1 is 1.28 bits per heavy atom. The number of likely N-dealkylation sites (N-methyl/N-ethyl adjacent to an activating group) is 1. The zero-order valence-corrected chi connectivity index (χ0v) is 12.5. The molecule has 2 fully saturated rings.